The maximum Gasteiger partial charge on any atom is 0.149 e. The Kier molecular flexibility index (Phi) is 3.04. The zero-order valence-corrected chi connectivity index (χ0v) is 9.19. The molecule has 0 bridgehead atoms. The predicted octanol–water partition coefficient (Wildman–Crippen LogP) is 1.69. The van der Waals surface area contributed by atoms with Gasteiger partial charge < -0.3 is 10.6 Å². The largest absolute Gasteiger partial charge is 0.382 e. The molecule has 0 amide bonds. The molecule has 1 aromatic rings. The van der Waals surface area contributed by atoms with Gasteiger partial charge in [0.05, 0.1) is 12.4 Å². The highest BCUT2D eigenvalue weighted by Crippen LogP contribution is 2.31. The maximum absolute atomic E-state index is 5.64. The molecule has 4 nitrogen and oxygen atoms in total. The lowest BCUT2D eigenvalue weighted by molar-refractivity contribution is 0.698. The molecule has 0 spiro atoms. The van der Waals surface area contributed by atoms with E-state index in [9.17, 15) is 0 Å². The minimum atomic E-state index is 0.504. The fourth-order valence-corrected chi connectivity index (χ4v) is 1.70. The van der Waals surface area contributed by atoms with Gasteiger partial charge in [0.1, 0.15) is 11.6 Å². The second kappa shape index (κ2) is 4.47. The predicted molar refractivity (Wildman–Crippen MR) is 61.7 cm³/mol. The number of hydrogen-bond acceptors (Lipinski definition) is 4. The van der Waals surface area contributed by atoms with Crippen LogP contribution in [0, 0.1) is 5.92 Å². The SMILES string of the molecule is CCCN(CC1CC1)c1cncc(N)n1. The molecule has 82 valence electrons. The Balaban J connectivity index is 2.07. The molecule has 15 heavy (non-hydrogen) atoms. The Bertz CT molecular complexity index is 322. The number of hydrogen-bond donors (Lipinski definition) is 1. The average Bonchev–Trinajstić information content (AvgIpc) is 3.01. The number of aromatic nitrogens is 2. The molecule has 0 radical (unpaired) electrons. The summed E-state index contributed by atoms with van der Waals surface area (Å²) in [5, 5.41) is 0. The maximum atomic E-state index is 5.64. The fraction of sp³-hybridized carbons (Fsp3) is 0.636. The van der Waals surface area contributed by atoms with Gasteiger partial charge in [-0.15, -0.1) is 0 Å². The molecule has 4 heteroatoms. The van der Waals surface area contributed by atoms with Crippen LogP contribution in [0.4, 0.5) is 11.6 Å². The topological polar surface area (TPSA) is 55.0 Å². The highest BCUT2D eigenvalue weighted by molar-refractivity contribution is 5.41. The van der Waals surface area contributed by atoms with Crippen LogP contribution >= 0.6 is 0 Å². The Morgan fingerprint density at radius 1 is 1.47 bits per heavy atom. The average molecular weight is 206 g/mol. The summed E-state index contributed by atoms with van der Waals surface area (Å²) in [6.07, 6.45) is 7.23. The van der Waals surface area contributed by atoms with E-state index in [0.29, 0.717) is 5.82 Å². The quantitative estimate of drug-likeness (QED) is 0.796. The molecule has 0 aliphatic heterocycles. The van der Waals surface area contributed by atoms with Crippen LogP contribution in [0.15, 0.2) is 12.4 Å². The minimum absolute atomic E-state index is 0.504. The molecule has 1 fully saturated rings. The molecule has 1 aliphatic carbocycles. The van der Waals surface area contributed by atoms with E-state index < -0.39 is 0 Å². The first kappa shape index (κ1) is 10.2. The van der Waals surface area contributed by atoms with Crippen LogP contribution in [0.3, 0.4) is 0 Å². The zero-order chi connectivity index (χ0) is 10.7. The van der Waals surface area contributed by atoms with Gasteiger partial charge >= 0.3 is 0 Å². The van der Waals surface area contributed by atoms with Gasteiger partial charge in [0, 0.05) is 13.1 Å². The van der Waals surface area contributed by atoms with Crippen molar-refractivity contribution in [3.8, 4) is 0 Å². The van der Waals surface area contributed by atoms with Gasteiger partial charge in [-0.25, -0.2) is 4.98 Å². The number of nitrogen functional groups attached to an aromatic ring is 1. The summed E-state index contributed by atoms with van der Waals surface area (Å²) in [4.78, 5) is 10.7. The van der Waals surface area contributed by atoms with Gasteiger partial charge in [0.2, 0.25) is 0 Å². The molecule has 1 aliphatic rings. The summed E-state index contributed by atoms with van der Waals surface area (Å²) in [5.74, 6) is 2.29. The number of rotatable bonds is 5. The smallest absolute Gasteiger partial charge is 0.149 e. The van der Waals surface area contributed by atoms with E-state index >= 15 is 0 Å². The Labute approximate surface area is 90.5 Å². The minimum Gasteiger partial charge on any atom is -0.382 e. The molecule has 1 heterocycles. The molecule has 2 N–H and O–H groups in total. The van der Waals surface area contributed by atoms with E-state index in [-0.39, 0.29) is 0 Å². The van der Waals surface area contributed by atoms with Crippen LogP contribution < -0.4 is 10.6 Å². The van der Waals surface area contributed by atoms with Crippen molar-refractivity contribution in [1.29, 1.82) is 0 Å². The van der Waals surface area contributed by atoms with Crippen molar-refractivity contribution in [3.63, 3.8) is 0 Å². The van der Waals surface area contributed by atoms with E-state index in [0.717, 1.165) is 31.2 Å². The van der Waals surface area contributed by atoms with Gasteiger partial charge in [-0.1, -0.05) is 6.92 Å². The first-order valence-electron chi connectivity index (χ1n) is 5.62. The van der Waals surface area contributed by atoms with Crippen molar-refractivity contribution in [3.05, 3.63) is 12.4 Å². The summed E-state index contributed by atoms with van der Waals surface area (Å²) < 4.78 is 0. The molecule has 0 saturated heterocycles. The van der Waals surface area contributed by atoms with E-state index in [4.69, 9.17) is 5.73 Å². The summed E-state index contributed by atoms with van der Waals surface area (Å²) in [7, 11) is 0. The first-order valence-corrected chi connectivity index (χ1v) is 5.62. The normalized spacial score (nSPS) is 15.3. The van der Waals surface area contributed by atoms with Crippen LogP contribution in [0.2, 0.25) is 0 Å². The van der Waals surface area contributed by atoms with E-state index in [2.05, 4.69) is 21.8 Å². The van der Waals surface area contributed by atoms with Crippen molar-refractivity contribution in [2.75, 3.05) is 23.7 Å². The second-order valence-electron chi connectivity index (χ2n) is 4.19. The first-order chi connectivity index (χ1) is 7.29. The Morgan fingerprint density at radius 2 is 2.27 bits per heavy atom. The molecular weight excluding hydrogens is 188 g/mol. The van der Waals surface area contributed by atoms with Crippen molar-refractivity contribution in [1.82, 2.24) is 9.97 Å². The van der Waals surface area contributed by atoms with Gasteiger partial charge in [-0.05, 0) is 25.2 Å². The molecule has 0 aromatic carbocycles. The third-order valence-corrected chi connectivity index (χ3v) is 2.63. The van der Waals surface area contributed by atoms with Crippen molar-refractivity contribution in [2.45, 2.75) is 26.2 Å². The molecule has 2 rings (SSSR count). The van der Waals surface area contributed by atoms with Crippen LogP contribution in [0.5, 0.6) is 0 Å². The standard InChI is InChI=1S/C11H18N4/c1-2-5-15(8-9-3-4-9)11-7-13-6-10(12)14-11/h6-7,9H,2-5,8H2,1H3,(H2,12,14). The Hall–Kier alpha value is -1.32. The van der Waals surface area contributed by atoms with Gasteiger partial charge in [-0.3, -0.25) is 4.98 Å². The molecule has 1 saturated carbocycles. The summed E-state index contributed by atoms with van der Waals surface area (Å²) in [6, 6.07) is 0. The van der Waals surface area contributed by atoms with Gasteiger partial charge in [0.25, 0.3) is 0 Å². The van der Waals surface area contributed by atoms with E-state index in [1.54, 1.807) is 12.4 Å². The molecular formula is C11H18N4. The molecule has 1 aromatic heterocycles. The highest BCUT2D eigenvalue weighted by atomic mass is 15.2. The van der Waals surface area contributed by atoms with Crippen LogP contribution in [-0.2, 0) is 0 Å². The van der Waals surface area contributed by atoms with Crippen LogP contribution in [0.25, 0.3) is 0 Å². The van der Waals surface area contributed by atoms with Crippen molar-refractivity contribution >= 4 is 11.6 Å². The summed E-state index contributed by atoms with van der Waals surface area (Å²) in [6.45, 7) is 4.32. The molecule has 0 unspecified atom stereocenters. The highest BCUT2D eigenvalue weighted by Gasteiger charge is 2.24. The van der Waals surface area contributed by atoms with Gasteiger partial charge in [-0.2, -0.15) is 0 Å². The number of nitrogens with two attached hydrogens (primary N) is 1. The zero-order valence-electron chi connectivity index (χ0n) is 9.19. The lowest BCUT2D eigenvalue weighted by Crippen LogP contribution is -2.27. The third kappa shape index (κ3) is 2.81. The monoisotopic (exact) mass is 206 g/mol. The van der Waals surface area contributed by atoms with Gasteiger partial charge in [0.15, 0.2) is 0 Å². The summed E-state index contributed by atoms with van der Waals surface area (Å²) in [5.41, 5.74) is 5.64. The van der Waals surface area contributed by atoms with E-state index in [1.165, 1.54) is 12.8 Å². The summed E-state index contributed by atoms with van der Waals surface area (Å²) >= 11 is 0. The molecule has 0 atom stereocenters. The number of anilines is 2. The van der Waals surface area contributed by atoms with Crippen LogP contribution in [-0.4, -0.2) is 23.1 Å². The lowest BCUT2D eigenvalue weighted by Gasteiger charge is -2.22. The lowest BCUT2D eigenvalue weighted by atomic mass is 10.3. The third-order valence-electron chi connectivity index (χ3n) is 2.63. The van der Waals surface area contributed by atoms with Crippen molar-refractivity contribution in [2.24, 2.45) is 5.92 Å². The van der Waals surface area contributed by atoms with Crippen LogP contribution in [0.1, 0.15) is 26.2 Å². The Morgan fingerprint density at radius 3 is 2.87 bits per heavy atom. The van der Waals surface area contributed by atoms with E-state index in [1.807, 2.05) is 0 Å². The van der Waals surface area contributed by atoms with Crippen molar-refractivity contribution < 1.29 is 0 Å². The number of nitrogens with zero attached hydrogens (tertiary/aromatic N) is 3. The second-order valence-corrected chi connectivity index (χ2v) is 4.19. The fourth-order valence-electron chi connectivity index (χ4n) is 1.70.